The second kappa shape index (κ2) is 6.57. The number of benzene rings is 1. The van der Waals surface area contributed by atoms with Crippen LogP contribution in [0.1, 0.15) is 24.8 Å². The van der Waals surface area contributed by atoms with Crippen molar-refractivity contribution in [2.45, 2.75) is 56.5 Å². The predicted molar refractivity (Wildman–Crippen MR) is 96.3 cm³/mol. The summed E-state index contributed by atoms with van der Waals surface area (Å²) in [6.45, 7) is 6.86. The highest BCUT2D eigenvalue weighted by Crippen LogP contribution is 2.61. The smallest absolute Gasteiger partial charge is 0.264 e. The molecule has 0 aromatic heterocycles. The molecule has 1 saturated carbocycles. The Kier molecular flexibility index (Phi) is 5.28. The number of hydrogen-bond donors (Lipinski definition) is 0. The van der Waals surface area contributed by atoms with Gasteiger partial charge in [-0.25, -0.2) is 0 Å². The van der Waals surface area contributed by atoms with Crippen LogP contribution in [-0.4, -0.2) is 35.5 Å². The number of rotatable bonds is 8. The van der Waals surface area contributed by atoms with Crippen molar-refractivity contribution in [3.63, 3.8) is 0 Å². The standard InChI is InChI=1S/C17H28O4SSi/c1-20-15-10-8-14(9-11-15)7-6-12-17(21-22(2,18)19)13-16(17)23(3,4)5/h8-11,16H,6-7,12-13H2,1-5H3/t16-,17-/m1/s1. The molecular formula is C17H28O4SSi. The number of methoxy groups -OCH3 is 1. The molecule has 0 heterocycles. The molecule has 1 aromatic rings. The monoisotopic (exact) mass is 356 g/mol. The summed E-state index contributed by atoms with van der Waals surface area (Å²) in [6.07, 6.45) is 4.72. The Hall–Kier alpha value is -0.853. The van der Waals surface area contributed by atoms with E-state index >= 15 is 0 Å². The Bertz CT molecular complexity index is 634. The van der Waals surface area contributed by atoms with E-state index in [9.17, 15) is 8.42 Å². The summed E-state index contributed by atoms with van der Waals surface area (Å²) in [4.78, 5) is 0. The van der Waals surface area contributed by atoms with Gasteiger partial charge in [0.05, 0.1) is 27.0 Å². The molecule has 130 valence electrons. The van der Waals surface area contributed by atoms with Gasteiger partial charge in [-0.05, 0) is 48.9 Å². The molecule has 0 N–H and O–H groups in total. The maximum Gasteiger partial charge on any atom is 0.264 e. The zero-order chi connectivity index (χ0) is 17.3. The van der Waals surface area contributed by atoms with Gasteiger partial charge in [0, 0.05) is 0 Å². The third-order valence-electron chi connectivity index (χ3n) is 4.61. The molecule has 0 amide bonds. The average Bonchev–Trinajstić information content (AvgIpc) is 3.12. The van der Waals surface area contributed by atoms with Crippen molar-refractivity contribution in [2.24, 2.45) is 0 Å². The van der Waals surface area contributed by atoms with E-state index in [2.05, 4.69) is 31.8 Å². The van der Waals surface area contributed by atoms with E-state index in [1.165, 1.54) is 5.56 Å². The molecule has 0 radical (unpaired) electrons. The first-order valence-electron chi connectivity index (χ1n) is 8.09. The Morgan fingerprint density at radius 3 is 2.26 bits per heavy atom. The van der Waals surface area contributed by atoms with Gasteiger partial charge < -0.3 is 4.74 Å². The Morgan fingerprint density at radius 1 is 1.22 bits per heavy atom. The molecule has 0 unspecified atom stereocenters. The second-order valence-electron chi connectivity index (χ2n) is 7.68. The lowest BCUT2D eigenvalue weighted by Gasteiger charge is -2.23. The molecule has 0 saturated heterocycles. The first-order valence-corrected chi connectivity index (χ1v) is 13.5. The van der Waals surface area contributed by atoms with Gasteiger partial charge in [-0.3, -0.25) is 4.18 Å². The minimum Gasteiger partial charge on any atom is -0.497 e. The summed E-state index contributed by atoms with van der Waals surface area (Å²) >= 11 is 0. The highest BCUT2D eigenvalue weighted by atomic mass is 32.2. The minimum atomic E-state index is -3.41. The van der Waals surface area contributed by atoms with Crippen LogP contribution in [0.3, 0.4) is 0 Å². The van der Waals surface area contributed by atoms with E-state index in [-0.39, 0.29) is 0 Å². The van der Waals surface area contributed by atoms with Gasteiger partial charge in [-0.2, -0.15) is 8.42 Å². The second-order valence-corrected chi connectivity index (χ2v) is 14.7. The van der Waals surface area contributed by atoms with Crippen LogP contribution in [0.2, 0.25) is 25.2 Å². The molecule has 2 atom stereocenters. The molecule has 1 aliphatic carbocycles. The summed E-state index contributed by atoms with van der Waals surface area (Å²) in [5.74, 6) is 0.853. The number of ether oxygens (including phenoxy) is 1. The van der Waals surface area contributed by atoms with Crippen molar-refractivity contribution >= 4 is 18.2 Å². The maximum absolute atomic E-state index is 11.6. The molecule has 6 heteroatoms. The molecule has 1 aliphatic rings. The van der Waals surface area contributed by atoms with Crippen LogP contribution in [0.15, 0.2) is 24.3 Å². The summed E-state index contributed by atoms with van der Waals surface area (Å²) in [6, 6.07) is 8.04. The fourth-order valence-electron chi connectivity index (χ4n) is 3.48. The van der Waals surface area contributed by atoms with Crippen molar-refractivity contribution < 1.29 is 17.3 Å². The molecule has 23 heavy (non-hydrogen) atoms. The van der Waals surface area contributed by atoms with E-state index in [0.717, 1.165) is 37.7 Å². The maximum atomic E-state index is 11.6. The van der Waals surface area contributed by atoms with Gasteiger partial charge in [-0.1, -0.05) is 31.8 Å². The van der Waals surface area contributed by atoms with Gasteiger partial charge >= 0.3 is 0 Å². The van der Waals surface area contributed by atoms with E-state index in [1.54, 1.807) is 7.11 Å². The van der Waals surface area contributed by atoms with Crippen LogP contribution in [0, 0.1) is 0 Å². The minimum absolute atomic E-state index is 0.431. The molecular weight excluding hydrogens is 328 g/mol. The summed E-state index contributed by atoms with van der Waals surface area (Å²) in [7, 11) is -3.16. The van der Waals surface area contributed by atoms with E-state index in [0.29, 0.717) is 5.54 Å². The Balaban J connectivity index is 1.97. The molecule has 0 bridgehead atoms. The van der Waals surface area contributed by atoms with Crippen molar-refractivity contribution in [2.75, 3.05) is 13.4 Å². The largest absolute Gasteiger partial charge is 0.497 e. The van der Waals surface area contributed by atoms with Crippen molar-refractivity contribution in [3.8, 4) is 5.75 Å². The number of hydrogen-bond acceptors (Lipinski definition) is 4. The molecule has 0 aliphatic heterocycles. The molecule has 1 fully saturated rings. The summed E-state index contributed by atoms with van der Waals surface area (Å²) < 4.78 is 34.0. The van der Waals surface area contributed by atoms with Crippen LogP contribution in [0.5, 0.6) is 5.75 Å². The first kappa shape index (κ1) is 18.5. The van der Waals surface area contributed by atoms with Crippen LogP contribution < -0.4 is 4.74 Å². The van der Waals surface area contributed by atoms with Crippen LogP contribution in [0.25, 0.3) is 0 Å². The third-order valence-corrected chi connectivity index (χ3v) is 8.07. The van der Waals surface area contributed by atoms with Crippen LogP contribution in [0.4, 0.5) is 0 Å². The van der Waals surface area contributed by atoms with Crippen molar-refractivity contribution in [3.05, 3.63) is 29.8 Å². The van der Waals surface area contributed by atoms with Gasteiger partial charge in [0.25, 0.3) is 10.1 Å². The zero-order valence-corrected chi connectivity index (χ0v) is 16.6. The van der Waals surface area contributed by atoms with Crippen LogP contribution >= 0.6 is 0 Å². The molecule has 0 spiro atoms. The Morgan fingerprint density at radius 2 is 1.83 bits per heavy atom. The SMILES string of the molecule is COc1ccc(CCC[C@@]2(OS(C)(=O)=O)C[C@H]2[Si](C)(C)C)cc1. The lowest BCUT2D eigenvalue weighted by atomic mass is 10.0. The van der Waals surface area contributed by atoms with E-state index in [1.807, 2.05) is 12.1 Å². The summed E-state index contributed by atoms with van der Waals surface area (Å²) in [5, 5.41) is 0. The van der Waals surface area contributed by atoms with Gasteiger partial charge in [0.2, 0.25) is 0 Å². The van der Waals surface area contributed by atoms with Gasteiger partial charge in [0.15, 0.2) is 0 Å². The topological polar surface area (TPSA) is 52.6 Å². The third kappa shape index (κ3) is 5.06. The average molecular weight is 357 g/mol. The molecule has 4 nitrogen and oxygen atoms in total. The Labute approximate surface area is 141 Å². The predicted octanol–water partition coefficient (Wildman–Crippen LogP) is 3.85. The molecule has 2 rings (SSSR count). The van der Waals surface area contributed by atoms with Gasteiger partial charge in [-0.15, -0.1) is 0 Å². The van der Waals surface area contributed by atoms with Crippen molar-refractivity contribution in [1.82, 2.24) is 0 Å². The van der Waals surface area contributed by atoms with E-state index in [4.69, 9.17) is 8.92 Å². The number of aryl methyl sites for hydroxylation is 1. The first-order chi connectivity index (χ1) is 10.6. The quantitative estimate of drug-likeness (QED) is 0.524. The lowest BCUT2D eigenvalue weighted by molar-refractivity contribution is 0.174. The lowest BCUT2D eigenvalue weighted by Crippen LogP contribution is -2.30. The van der Waals surface area contributed by atoms with Crippen molar-refractivity contribution in [1.29, 1.82) is 0 Å². The van der Waals surface area contributed by atoms with Crippen LogP contribution in [-0.2, 0) is 20.7 Å². The van der Waals surface area contributed by atoms with Gasteiger partial charge in [0.1, 0.15) is 5.75 Å². The summed E-state index contributed by atoms with van der Waals surface area (Å²) in [5.41, 5.74) is 1.23. The van der Waals surface area contributed by atoms with E-state index < -0.39 is 23.8 Å². The fourth-order valence-corrected chi connectivity index (χ4v) is 7.17. The highest BCUT2D eigenvalue weighted by molar-refractivity contribution is 7.86. The zero-order valence-electron chi connectivity index (χ0n) is 14.8. The normalized spacial score (nSPS) is 24.5. The molecule has 1 aromatic carbocycles. The highest BCUT2D eigenvalue weighted by Gasteiger charge is 2.61. The fraction of sp³-hybridized carbons (Fsp3) is 0.647.